The van der Waals surface area contributed by atoms with Crippen molar-refractivity contribution >= 4 is 0 Å². The Hall–Kier alpha value is -0.760. The van der Waals surface area contributed by atoms with Gasteiger partial charge in [-0.1, -0.05) is 13.8 Å². The van der Waals surface area contributed by atoms with Crippen LogP contribution in [-0.2, 0) is 6.42 Å². The first-order chi connectivity index (χ1) is 6.00. The Balaban J connectivity index is 2.68. The molecule has 0 fully saturated rings. The minimum Gasteiger partial charge on any atom is -0.362 e. The minimum atomic E-state index is 0.272. The van der Waals surface area contributed by atoms with E-state index in [1.807, 2.05) is 0 Å². The zero-order valence-electron chi connectivity index (χ0n) is 9.02. The molecule has 0 spiro atoms. The Morgan fingerprint density at radius 2 is 2.00 bits per heavy atom. The summed E-state index contributed by atoms with van der Waals surface area (Å²) in [6, 6.07) is 2.46. The maximum absolute atomic E-state index is 6.01. The van der Waals surface area contributed by atoms with Gasteiger partial charge >= 0.3 is 0 Å². The minimum absolute atomic E-state index is 0.272. The molecule has 1 aromatic rings. The van der Waals surface area contributed by atoms with Gasteiger partial charge in [-0.25, -0.2) is 0 Å². The Kier molecular flexibility index (Phi) is 3.15. The number of hydrogen-bond acceptors (Lipinski definition) is 1. The van der Waals surface area contributed by atoms with E-state index >= 15 is 0 Å². The van der Waals surface area contributed by atoms with Crippen LogP contribution in [0.3, 0.4) is 0 Å². The van der Waals surface area contributed by atoms with E-state index in [2.05, 4.69) is 38.7 Å². The number of nitrogens with two attached hydrogens (primary N) is 1. The number of nitrogens with one attached hydrogen (secondary N) is 1. The molecule has 3 N–H and O–H groups in total. The van der Waals surface area contributed by atoms with Gasteiger partial charge in [-0.15, -0.1) is 0 Å². The molecule has 0 bridgehead atoms. The second-order valence-electron chi connectivity index (χ2n) is 4.21. The highest BCUT2D eigenvalue weighted by Gasteiger charge is 2.11. The van der Waals surface area contributed by atoms with E-state index in [-0.39, 0.29) is 6.04 Å². The van der Waals surface area contributed by atoms with Crippen LogP contribution in [0.15, 0.2) is 6.07 Å². The molecule has 0 aliphatic carbocycles. The first-order valence-corrected chi connectivity index (χ1v) is 4.91. The van der Waals surface area contributed by atoms with E-state index < -0.39 is 0 Å². The summed E-state index contributed by atoms with van der Waals surface area (Å²) in [6.07, 6.45) is 0.980. The molecule has 2 nitrogen and oxygen atoms in total. The lowest BCUT2D eigenvalue weighted by atomic mass is 9.97. The van der Waals surface area contributed by atoms with Gasteiger partial charge in [0, 0.05) is 17.4 Å². The predicted octanol–water partition coefficient (Wildman–Crippen LogP) is 2.16. The van der Waals surface area contributed by atoms with Crippen molar-refractivity contribution < 1.29 is 0 Å². The summed E-state index contributed by atoms with van der Waals surface area (Å²) >= 11 is 0. The molecule has 1 unspecified atom stereocenters. The molecule has 1 aromatic heterocycles. The molecule has 0 amide bonds. The van der Waals surface area contributed by atoms with Crippen LogP contribution in [0.1, 0.15) is 30.8 Å². The maximum Gasteiger partial charge on any atom is 0.0150 e. The Bertz CT molecular complexity index is 274. The van der Waals surface area contributed by atoms with E-state index in [0.717, 1.165) is 6.42 Å². The monoisotopic (exact) mass is 180 g/mol. The van der Waals surface area contributed by atoms with E-state index in [9.17, 15) is 0 Å². The zero-order chi connectivity index (χ0) is 10.0. The summed E-state index contributed by atoms with van der Waals surface area (Å²) < 4.78 is 0. The number of rotatable bonds is 3. The van der Waals surface area contributed by atoms with Crippen molar-refractivity contribution in [2.75, 3.05) is 0 Å². The summed E-state index contributed by atoms with van der Waals surface area (Å²) in [5, 5.41) is 0. The van der Waals surface area contributed by atoms with Gasteiger partial charge in [0.2, 0.25) is 0 Å². The van der Waals surface area contributed by atoms with Gasteiger partial charge in [-0.3, -0.25) is 0 Å². The van der Waals surface area contributed by atoms with E-state index in [1.165, 1.54) is 17.0 Å². The molecular formula is C11H20N2. The average Bonchev–Trinajstić information content (AvgIpc) is 2.30. The van der Waals surface area contributed by atoms with Crippen LogP contribution < -0.4 is 5.73 Å². The fourth-order valence-corrected chi connectivity index (χ4v) is 1.48. The van der Waals surface area contributed by atoms with Gasteiger partial charge in [-0.2, -0.15) is 0 Å². The summed E-state index contributed by atoms with van der Waals surface area (Å²) in [5.41, 5.74) is 9.86. The SMILES string of the molecule is Cc1cc(CC(N)C(C)C)c(C)[nH]1. The lowest BCUT2D eigenvalue weighted by molar-refractivity contribution is 0.490. The van der Waals surface area contributed by atoms with Gasteiger partial charge < -0.3 is 10.7 Å². The molecule has 0 saturated carbocycles. The normalized spacial score (nSPS) is 13.7. The second-order valence-corrected chi connectivity index (χ2v) is 4.21. The number of hydrogen-bond donors (Lipinski definition) is 2. The van der Waals surface area contributed by atoms with Crippen LogP contribution in [0.2, 0.25) is 0 Å². The molecule has 13 heavy (non-hydrogen) atoms. The van der Waals surface area contributed by atoms with Crippen LogP contribution in [0, 0.1) is 19.8 Å². The third-order valence-corrected chi connectivity index (χ3v) is 2.57. The molecule has 2 heteroatoms. The van der Waals surface area contributed by atoms with E-state index in [0.29, 0.717) is 5.92 Å². The summed E-state index contributed by atoms with van der Waals surface area (Å²) in [4.78, 5) is 3.30. The average molecular weight is 180 g/mol. The molecule has 1 heterocycles. The van der Waals surface area contributed by atoms with Crippen LogP contribution >= 0.6 is 0 Å². The molecular weight excluding hydrogens is 160 g/mol. The lowest BCUT2D eigenvalue weighted by Crippen LogP contribution is -2.28. The summed E-state index contributed by atoms with van der Waals surface area (Å²) in [7, 11) is 0. The maximum atomic E-state index is 6.01. The molecule has 1 rings (SSSR count). The van der Waals surface area contributed by atoms with Gasteiger partial charge in [0.15, 0.2) is 0 Å². The van der Waals surface area contributed by atoms with Crippen molar-refractivity contribution in [1.82, 2.24) is 4.98 Å². The van der Waals surface area contributed by atoms with Crippen molar-refractivity contribution in [3.05, 3.63) is 23.0 Å². The molecule has 0 aliphatic rings. The first-order valence-electron chi connectivity index (χ1n) is 4.91. The van der Waals surface area contributed by atoms with Crippen LogP contribution in [-0.4, -0.2) is 11.0 Å². The van der Waals surface area contributed by atoms with Crippen LogP contribution in [0.5, 0.6) is 0 Å². The fraction of sp³-hybridized carbons (Fsp3) is 0.636. The molecule has 0 aromatic carbocycles. The smallest absolute Gasteiger partial charge is 0.0150 e. The van der Waals surface area contributed by atoms with Gasteiger partial charge in [-0.05, 0) is 37.8 Å². The molecule has 0 aliphatic heterocycles. The van der Waals surface area contributed by atoms with Gasteiger partial charge in [0.1, 0.15) is 0 Å². The summed E-state index contributed by atoms with van der Waals surface area (Å²) in [6.45, 7) is 8.52. The predicted molar refractivity (Wildman–Crippen MR) is 56.8 cm³/mol. The quantitative estimate of drug-likeness (QED) is 0.735. The number of aromatic nitrogens is 1. The lowest BCUT2D eigenvalue weighted by Gasteiger charge is -2.14. The van der Waals surface area contributed by atoms with Gasteiger partial charge in [0.25, 0.3) is 0 Å². The summed E-state index contributed by atoms with van der Waals surface area (Å²) in [5.74, 6) is 0.551. The van der Waals surface area contributed by atoms with Crippen molar-refractivity contribution in [2.45, 2.75) is 40.2 Å². The van der Waals surface area contributed by atoms with E-state index in [1.54, 1.807) is 0 Å². The van der Waals surface area contributed by atoms with Crippen molar-refractivity contribution in [3.8, 4) is 0 Å². The topological polar surface area (TPSA) is 41.8 Å². The number of aryl methyl sites for hydroxylation is 2. The third kappa shape index (κ3) is 2.59. The first kappa shape index (κ1) is 10.3. The van der Waals surface area contributed by atoms with Crippen LogP contribution in [0.25, 0.3) is 0 Å². The second kappa shape index (κ2) is 3.97. The molecule has 1 atom stereocenters. The Morgan fingerprint density at radius 3 is 2.38 bits per heavy atom. The van der Waals surface area contributed by atoms with Crippen LogP contribution in [0.4, 0.5) is 0 Å². The molecule has 74 valence electrons. The van der Waals surface area contributed by atoms with Crippen molar-refractivity contribution in [1.29, 1.82) is 0 Å². The standard InChI is InChI=1S/C11H20N2/c1-7(2)11(12)6-10-5-8(3)13-9(10)4/h5,7,11,13H,6,12H2,1-4H3. The van der Waals surface area contributed by atoms with E-state index in [4.69, 9.17) is 5.73 Å². The van der Waals surface area contributed by atoms with Crippen molar-refractivity contribution in [3.63, 3.8) is 0 Å². The highest BCUT2D eigenvalue weighted by molar-refractivity contribution is 5.25. The largest absolute Gasteiger partial charge is 0.362 e. The van der Waals surface area contributed by atoms with Crippen molar-refractivity contribution in [2.24, 2.45) is 11.7 Å². The highest BCUT2D eigenvalue weighted by atomic mass is 14.7. The highest BCUT2D eigenvalue weighted by Crippen LogP contribution is 2.13. The molecule has 0 saturated heterocycles. The number of aromatic amines is 1. The zero-order valence-corrected chi connectivity index (χ0v) is 9.02. The number of H-pyrrole nitrogens is 1. The Morgan fingerprint density at radius 1 is 1.38 bits per heavy atom. The third-order valence-electron chi connectivity index (χ3n) is 2.57. The van der Waals surface area contributed by atoms with Gasteiger partial charge in [0.05, 0.1) is 0 Å². The molecule has 0 radical (unpaired) electrons. The Labute approximate surface area is 80.5 Å². The fourth-order valence-electron chi connectivity index (χ4n) is 1.48.